The summed E-state index contributed by atoms with van der Waals surface area (Å²) in [6.07, 6.45) is 2.93. The molecule has 0 aliphatic carbocycles. The molecule has 1 fully saturated rings. The van der Waals surface area contributed by atoms with Crippen molar-refractivity contribution in [2.45, 2.75) is 30.6 Å². The smallest absolute Gasteiger partial charge is 0.245 e. The molecule has 1 N–H and O–H groups in total. The fraction of sp³-hybridized carbons (Fsp3) is 0.467. The summed E-state index contributed by atoms with van der Waals surface area (Å²) in [6, 6.07) is 3.88. The van der Waals surface area contributed by atoms with Gasteiger partial charge in [0.2, 0.25) is 10.0 Å². The zero-order valence-electron chi connectivity index (χ0n) is 11.7. The number of sulfonamides is 1. The van der Waals surface area contributed by atoms with E-state index in [1.54, 1.807) is 0 Å². The van der Waals surface area contributed by atoms with Gasteiger partial charge in [-0.05, 0) is 31.0 Å². The van der Waals surface area contributed by atoms with Crippen LogP contribution in [0.25, 0.3) is 0 Å². The van der Waals surface area contributed by atoms with Gasteiger partial charge in [0.15, 0.2) is 0 Å². The largest absolute Gasteiger partial charge is 0.395 e. The molecule has 0 unspecified atom stereocenters. The Labute approximate surface area is 124 Å². The number of piperidine rings is 1. The van der Waals surface area contributed by atoms with Crippen molar-refractivity contribution < 1.29 is 17.9 Å². The van der Waals surface area contributed by atoms with E-state index < -0.39 is 15.8 Å². The van der Waals surface area contributed by atoms with Crippen molar-refractivity contribution in [2.75, 3.05) is 19.7 Å². The lowest BCUT2D eigenvalue weighted by atomic mass is 10.2. The van der Waals surface area contributed by atoms with Crippen LogP contribution in [0, 0.1) is 17.7 Å². The molecule has 21 heavy (non-hydrogen) atoms. The quantitative estimate of drug-likeness (QED) is 0.865. The van der Waals surface area contributed by atoms with E-state index in [4.69, 9.17) is 5.11 Å². The molecule has 1 aromatic rings. The molecule has 1 aromatic carbocycles. The van der Waals surface area contributed by atoms with Gasteiger partial charge in [0.25, 0.3) is 0 Å². The summed E-state index contributed by atoms with van der Waals surface area (Å²) in [6.45, 7) is 0.830. The van der Waals surface area contributed by atoms with Gasteiger partial charge in [0.1, 0.15) is 10.7 Å². The molecular formula is C15H18FNO3S. The molecule has 1 aliphatic rings. The van der Waals surface area contributed by atoms with Crippen LogP contribution in [-0.4, -0.2) is 37.5 Å². The molecule has 0 radical (unpaired) electrons. The van der Waals surface area contributed by atoms with Gasteiger partial charge >= 0.3 is 0 Å². The van der Waals surface area contributed by atoms with E-state index in [0.717, 1.165) is 25.3 Å². The molecule has 4 nitrogen and oxygen atoms in total. The molecule has 2 rings (SSSR count). The SMILES string of the molecule is O=S(=O)(c1ccc(C#CCCO)cc1F)N1CCCCC1. The molecule has 0 saturated carbocycles. The third-order valence-electron chi connectivity index (χ3n) is 3.33. The molecule has 1 saturated heterocycles. The average Bonchev–Trinajstić information content (AvgIpc) is 2.48. The first-order chi connectivity index (χ1) is 10.1. The Kier molecular flexibility index (Phi) is 5.34. The summed E-state index contributed by atoms with van der Waals surface area (Å²) < 4.78 is 40.2. The van der Waals surface area contributed by atoms with E-state index >= 15 is 0 Å². The Hall–Kier alpha value is -1.42. The fourth-order valence-electron chi connectivity index (χ4n) is 2.25. The number of benzene rings is 1. The van der Waals surface area contributed by atoms with Gasteiger partial charge in [0.05, 0.1) is 6.61 Å². The van der Waals surface area contributed by atoms with Crippen LogP contribution in [-0.2, 0) is 10.0 Å². The van der Waals surface area contributed by atoms with Crippen molar-refractivity contribution in [3.05, 3.63) is 29.6 Å². The number of rotatable bonds is 3. The predicted octanol–water partition coefficient (Wildman–Crippen LogP) is 1.73. The summed E-state index contributed by atoms with van der Waals surface area (Å²) in [5.74, 6) is 4.58. The molecule has 0 spiro atoms. The van der Waals surface area contributed by atoms with E-state index in [-0.39, 0.29) is 11.5 Å². The fourth-order valence-corrected chi connectivity index (χ4v) is 3.82. The first kappa shape index (κ1) is 16.0. The van der Waals surface area contributed by atoms with Gasteiger partial charge in [-0.3, -0.25) is 0 Å². The topological polar surface area (TPSA) is 57.6 Å². The summed E-state index contributed by atoms with van der Waals surface area (Å²) >= 11 is 0. The van der Waals surface area contributed by atoms with Crippen molar-refractivity contribution >= 4 is 10.0 Å². The number of hydrogen-bond acceptors (Lipinski definition) is 3. The highest BCUT2D eigenvalue weighted by Gasteiger charge is 2.28. The molecule has 0 aromatic heterocycles. The van der Waals surface area contributed by atoms with Gasteiger partial charge in [-0.15, -0.1) is 0 Å². The van der Waals surface area contributed by atoms with Gasteiger partial charge in [-0.1, -0.05) is 18.3 Å². The lowest BCUT2D eigenvalue weighted by molar-refractivity contribution is 0.305. The third-order valence-corrected chi connectivity index (χ3v) is 5.27. The number of halogens is 1. The van der Waals surface area contributed by atoms with E-state index in [1.165, 1.54) is 16.4 Å². The number of aliphatic hydroxyl groups is 1. The van der Waals surface area contributed by atoms with Crippen LogP contribution in [0.15, 0.2) is 23.1 Å². The molecule has 114 valence electrons. The van der Waals surface area contributed by atoms with Crippen LogP contribution >= 0.6 is 0 Å². The second-order valence-corrected chi connectivity index (χ2v) is 6.79. The molecular weight excluding hydrogens is 293 g/mol. The third kappa shape index (κ3) is 3.82. The second kappa shape index (κ2) is 7.03. The maximum atomic E-state index is 14.1. The van der Waals surface area contributed by atoms with Gasteiger partial charge < -0.3 is 5.11 Å². The Morgan fingerprint density at radius 1 is 1.24 bits per heavy atom. The zero-order valence-corrected chi connectivity index (χ0v) is 12.5. The highest BCUT2D eigenvalue weighted by Crippen LogP contribution is 2.23. The lowest BCUT2D eigenvalue weighted by Gasteiger charge is -2.26. The lowest BCUT2D eigenvalue weighted by Crippen LogP contribution is -2.36. The maximum absolute atomic E-state index is 14.1. The molecule has 6 heteroatoms. The number of hydrogen-bond donors (Lipinski definition) is 1. The highest BCUT2D eigenvalue weighted by molar-refractivity contribution is 7.89. The summed E-state index contributed by atoms with van der Waals surface area (Å²) in [5, 5.41) is 8.63. The van der Waals surface area contributed by atoms with Gasteiger partial charge in [0, 0.05) is 25.1 Å². The minimum Gasteiger partial charge on any atom is -0.395 e. The monoisotopic (exact) mass is 311 g/mol. The molecule has 0 atom stereocenters. The van der Waals surface area contributed by atoms with E-state index in [0.29, 0.717) is 25.1 Å². The van der Waals surface area contributed by atoms with Gasteiger partial charge in [-0.2, -0.15) is 4.31 Å². The summed E-state index contributed by atoms with van der Waals surface area (Å²) in [7, 11) is -3.76. The Morgan fingerprint density at radius 3 is 2.57 bits per heavy atom. The van der Waals surface area contributed by atoms with Crippen LogP contribution in [0.4, 0.5) is 4.39 Å². The summed E-state index contributed by atoms with van der Waals surface area (Å²) in [5.41, 5.74) is 0.401. The highest BCUT2D eigenvalue weighted by atomic mass is 32.2. The second-order valence-electron chi connectivity index (χ2n) is 4.89. The van der Waals surface area contributed by atoms with Crippen molar-refractivity contribution in [3.8, 4) is 11.8 Å². The number of aliphatic hydroxyl groups excluding tert-OH is 1. The van der Waals surface area contributed by atoms with Crippen LogP contribution in [0.2, 0.25) is 0 Å². The first-order valence-corrected chi connectivity index (χ1v) is 8.39. The van der Waals surface area contributed by atoms with Crippen molar-refractivity contribution in [2.24, 2.45) is 0 Å². The van der Waals surface area contributed by atoms with Gasteiger partial charge in [-0.25, -0.2) is 12.8 Å². The standard InChI is InChI=1S/C15H18FNO3S/c16-14-12-13(6-2-5-11-18)7-8-15(14)21(19,20)17-9-3-1-4-10-17/h7-8,12,18H,1,3-5,9-11H2. The Morgan fingerprint density at radius 2 is 1.95 bits per heavy atom. The van der Waals surface area contributed by atoms with Crippen LogP contribution in [0.5, 0.6) is 0 Å². The predicted molar refractivity (Wildman–Crippen MR) is 77.6 cm³/mol. The van der Waals surface area contributed by atoms with Crippen LogP contribution < -0.4 is 0 Å². The van der Waals surface area contributed by atoms with E-state index in [1.807, 2.05) is 0 Å². The molecule has 0 amide bonds. The van der Waals surface area contributed by atoms with Crippen molar-refractivity contribution in [3.63, 3.8) is 0 Å². The summed E-state index contributed by atoms with van der Waals surface area (Å²) in [4.78, 5) is -0.294. The molecule has 0 bridgehead atoms. The molecule has 1 heterocycles. The number of nitrogens with zero attached hydrogens (tertiary/aromatic N) is 1. The first-order valence-electron chi connectivity index (χ1n) is 6.95. The minimum absolute atomic E-state index is 0.0586. The average molecular weight is 311 g/mol. The van der Waals surface area contributed by atoms with Crippen LogP contribution in [0.1, 0.15) is 31.2 Å². The molecule has 1 aliphatic heterocycles. The normalized spacial score (nSPS) is 16.3. The Bertz CT molecular complexity index is 655. The minimum atomic E-state index is -3.76. The Balaban J connectivity index is 2.26. The van der Waals surface area contributed by atoms with E-state index in [2.05, 4.69) is 11.8 Å². The maximum Gasteiger partial charge on any atom is 0.245 e. The van der Waals surface area contributed by atoms with Crippen molar-refractivity contribution in [1.29, 1.82) is 0 Å². The zero-order chi connectivity index (χ0) is 15.3. The van der Waals surface area contributed by atoms with Crippen molar-refractivity contribution in [1.82, 2.24) is 4.31 Å². The van der Waals surface area contributed by atoms with E-state index in [9.17, 15) is 12.8 Å². The van der Waals surface area contributed by atoms with Crippen LogP contribution in [0.3, 0.4) is 0 Å².